The van der Waals surface area contributed by atoms with E-state index in [4.69, 9.17) is 9.47 Å². The number of nitrogens with one attached hydrogen (secondary N) is 2. The molecule has 1 aromatic carbocycles. The van der Waals surface area contributed by atoms with Crippen molar-refractivity contribution in [2.45, 2.75) is 24.3 Å². The summed E-state index contributed by atoms with van der Waals surface area (Å²) < 4.78 is 49.0. The average molecular weight is 468 g/mol. The van der Waals surface area contributed by atoms with E-state index in [9.17, 15) is 22.8 Å². The van der Waals surface area contributed by atoms with Crippen molar-refractivity contribution >= 4 is 23.8 Å². The Labute approximate surface area is 185 Å². The first-order valence-electron chi connectivity index (χ1n) is 9.37. The number of halogens is 3. The van der Waals surface area contributed by atoms with Crippen molar-refractivity contribution in [2.24, 2.45) is 0 Å². The maximum Gasteiger partial charge on any atom is 0.433 e. The normalized spacial score (nSPS) is 16.3. The molecule has 1 aromatic heterocycles. The lowest BCUT2D eigenvalue weighted by Gasteiger charge is -2.29. The van der Waals surface area contributed by atoms with Crippen molar-refractivity contribution in [1.82, 2.24) is 20.6 Å². The summed E-state index contributed by atoms with van der Waals surface area (Å²) in [7, 11) is 1.51. The van der Waals surface area contributed by atoms with E-state index in [0.717, 1.165) is 24.0 Å². The van der Waals surface area contributed by atoms with E-state index in [1.165, 1.54) is 7.11 Å². The van der Waals surface area contributed by atoms with Crippen LogP contribution in [0.2, 0.25) is 0 Å². The second-order valence-corrected chi connectivity index (χ2v) is 7.37. The van der Waals surface area contributed by atoms with Gasteiger partial charge in [0.2, 0.25) is 0 Å². The lowest BCUT2D eigenvalue weighted by Crippen LogP contribution is -2.46. The molecule has 0 aliphatic carbocycles. The van der Waals surface area contributed by atoms with Gasteiger partial charge < -0.3 is 20.1 Å². The number of alkyl halides is 3. The predicted molar refractivity (Wildman–Crippen MR) is 109 cm³/mol. The van der Waals surface area contributed by atoms with Crippen molar-refractivity contribution in [3.05, 3.63) is 59.1 Å². The molecule has 32 heavy (non-hydrogen) atoms. The summed E-state index contributed by atoms with van der Waals surface area (Å²) in [5.74, 6) is -0.134. The molecule has 0 radical (unpaired) electrons. The second kappa shape index (κ2) is 9.90. The third kappa shape index (κ3) is 5.49. The number of thioether (sulfide) groups is 1. The maximum atomic E-state index is 12.9. The van der Waals surface area contributed by atoms with Crippen molar-refractivity contribution in [3.8, 4) is 5.75 Å². The molecule has 2 heterocycles. The van der Waals surface area contributed by atoms with E-state index in [2.05, 4.69) is 20.6 Å². The van der Waals surface area contributed by atoms with Gasteiger partial charge in [-0.2, -0.15) is 13.2 Å². The zero-order valence-corrected chi connectivity index (χ0v) is 17.8. The Balaban J connectivity index is 1.94. The lowest BCUT2D eigenvalue weighted by atomic mass is 9.95. The predicted octanol–water partition coefficient (Wildman–Crippen LogP) is 3.47. The van der Waals surface area contributed by atoms with Crippen LogP contribution >= 0.6 is 11.8 Å². The number of carbonyl (C=O) groups excluding carboxylic acids is 2. The van der Waals surface area contributed by atoms with E-state index >= 15 is 0 Å². The highest BCUT2D eigenvalue weighted by atomic mass is 32.2. The molecular weight excluding hydrogens is 449 g/mol. The van der Waals surface area contributed by atoms with Crippen LogP contribution in [0.1, 0.15) is 24.2 Å². The number of carbonyl (C=O) groups is 2. The number of hydrogen-bond donors (Lipinski definition) is 2. The molecule has 2 aromatic rings. The summed E-state index contributed by atoms with van der Waals surface area (Å²) in [4.78, 5) is 32.3. The highest BCUT2D eigenvalue weighted by Crippen LogP contribution is 2.32. The second-order valence-electron chi connectivity index (χ2n) is 6.43. The molecule has 1 aliphatic rings. The smallest absolute Gasteiger partial charge is 0.433 e. The molecule has 170 valence electrons. The largest absolute Gasteiger partial charge is 0.497 e. The van der Waals surface area contributed by atoms with Gasteiger partial charge in [-0.05, 0) is 30.7 Å². The van der Waals surface area contributed by atoms with Gasteiger partial charge in [0.25, 0.3) is 0 Å². The molecule has 0 saturated carbocycles. The van der Waals surface area contributed by atoms with E-state index in [-0.39, 0.29) is 28.8 Å². The Morgan fingerprint density at radius 3 is 2.56 bits per heavy atom. The van der Waals surface area contributed by atoms with Crippen molar-refractivity contribution < 1.29 is 32.2 Å². The van der Waals surface area contributed by atoms with Crippen LogP contribution in [0.25, 0.3) is 0 Å². The van der Waals surface area contributed by atoms with Gasteiger partial charge in [-0.25, -0.2) is 19.6 Å². The van der Waals surface area contributed by atoms with Gasteiger partial charge in [-0.3, -0.25) is 0 Å². The number of methoxy groups -OCH3 is 1. The minimum Gasteiger partial charge on any atom is -0.497 e. The fraction of sp³-hybridized carbons (Fsp3) is 0.300. The molecule has 0 spiro atoms. The van der Waals surface area contributed by atoms with Crippen LogP contribution in [-0.2, 0) is 15.7 Å². The van der Waals surface area contributed by atoms with Crippen LogP contribution in [0.4, 0.5) is 18.0 Å². The van der Waals surface area contributed by atoms with Crippen LogP contribution in [0.3, 0.4) is 0 Å². The molecule has 2 N–H and O–H groups in total. The highest BCUT2D eigenvalue weighted by Gasteiger charge is 2.35. The van der Waals surface area contributed by atoms with Crippen LogP contribution in [0.15, 0.2) is 53.0 Å². The van der Waals surface area contributed by atoms with Crippen molar-refractivity contribution in [1.29, 1.82) is 0 Å². The van der Waals surface area contributed by atoms with Crippen LogP contribution < -0.4 is 15.4 Å². The first-order chi connectivity index (χ1) is 15.2. The molecule has 3 rings (SSSR count). The Bertz CT molecular complexity index is 1030. The molecular formula is C20H19F3N4O4S. The summed E-state index contributed by atoms with van der Waals surface area (Å²) in [6, 6.07) is 6.10. The van der Waals surface area contributed by atoms with E-state index in [1.54, 1.807) is 31.2 Å². The topological polar surface area (TPSA) is 102 Å². The van der Waals surface area contributed by atoms with E-state index < -0.39 is 29.9 Å². The SMILES string of the molecule is CCOC(=O)C1=C(CSc2nccc(C(F)(F)F)n2)NC(=O)N[C@@H]1c1ccc(OC)cc1. The first-order valence-corrected chi connectivity index (χ1v) is 10.4. The molecule has 0 bridgehead atoms. The Kier molecular flexibility index (Phi) is 7.23. The zero-order valence-electron chi connectivity index (χ0n) is 17.0. The first kappa shape index (κ1) is 23.4. The summed E-state index contributed by atoms with van der Waals surface area (Å²) >= 11 is 0.851. The average Bonchev–Trinajstić information content (AvgIpc) is 2.77. The third-order valence-corrected chi connectivity index (χ3v) is 5.26. The Hall–Kier alpha value is -3.28. The summed E-state index contributed by atoms with van der Waals surface area (Å²) in [6.45, 7) is 1.74. The fourth-order valence-electron chi connectivity index (χ4n) is 2.93. The quantitative estimate of drug-likeness (QED) is 0.364. The van der Waals surface area contributed by atoms with Gasteiger partial charge in [-0.15, -0.1) is 0 Å². The number of urea groups is 1. The van der Waals surface area contributed by atoms with Gasteiger partial charge in [0.15, 0.2) is 5.16 Å². The molecule has 0 unspecified atom stereocenters. The maximum absolute atomic E-state index is 12.9. The Morgan fingerprint density at radius 1 is 1.22 bits per heavy atom. The van der Waals surface area contributed by atoms with Gasteiger partial charge >= 0.3 is 18.2 Å². The van der Waals surface area contributed by atoms with Gasteiger partial charge in [0.05, 0.1) is 25.3 Å². The Morgan fingerprint density at radius 2 is 1.94 bits per heavy atom. The molecule has 0 saturated heterocycles. The monoisotopic (exact) mass is 468 g/mol. The number of nitrogens with zero attached hydrogens (tertiary/aromatic N) is 2. The number of ether oxygens (including phenoxy) is 2. The van der Waals surface area contributed by atoms with Crippen LogP contribution in [0, 0.1) is 0 Å². The van der Waals surface area contributed by atoms with Crippen molar-refractivity contribution in [2.75, 3.05) is 19.5 Å². The molecule has 12 heteroatoms. The number of esters is 1. The summed E-state index contributed by atoms with van der Waals surface area (Å²) in [5, 5.41) is 5.08. The minimum absolute atomic E-state index is 0.0600. The van der Waals surface area contributed by atoms with Crippen molar-refractivity contribution in [3.63, 3.8) is 0 Å². The van der Waals surface area contributed by atoms with Gasteiger partial charge in [0, 0.05) is 17.6 Å². The number of hydrogen-bond acceptors (Lipinski definition) is 7. The third-order valence-electron chi connectivity index (χ3n) is 4.37. The lowest BCUT2D eigenvalue weighted by molar-refractivity contribution is -0.141. The number of aromatic nitrogens is 2. The molecule has 0 fully saturated rings. The zero-order chi connectivity index (χ0) is 23.3. The van der Waals surface area contributed by atoms with Gasteiger partial charge in [0.1, 0.15) is 11.4 Å². The van der Waals surface area contributed by atoms with E-state index in [0.29, 0.717) is 11.3 Å². The molecule has 2 amide bonds. The van der Waals surface area contributed by atoms with Crippen LogP contribution in [-0.4, -0.2) is 41.4 Å². The molecule has 8 nitrogen and oxygen atoms in total. The molecule has 1 atom stereocenters. The minimum atomic E-state index is -4.62. The van der Waals surface area contributed by atoms with Gasteiger partial charge in [-0.1, -0.05) is 23.9 Å². The highest BCUT2D eigenvalue weighted by molar-refractivity contribution is 7.99. The summed E-state index contributed by atoms with van der Waals surface area (Å²) in [6.07, 6.45) is -3.62. The van der Waals surface area contributed by atoms with Crippen LogP contribution in [0.5, 0.6) is 5.75 Å². The molecule has 1 aliphatic heterocycles. The number of amides is 2. The van der Waals surface area contributed by atoms with E-state index in [1.807, 2.05) is 0 Å². The standard InChI is InChI=1S/C20H19F3N4O4S/c1-3-31-17(28)15-13(10-32-19-24-9-8-14(26-19)20(21,22)23)25-18(29)27-16(15)11-4-6-12(30-2)7-5-11/h4-9,16H,3,10H2,1-2H3,(H2,25,27,29)/t16-/m1/s1. The number of benzene rings is 1. The summed E-state index contributed by atoms with van der Waals surface area (Å²) in [5.41, 5.74) is -0.156. The number of rotatable bonds is 7. The fourth-order valence-corrected chi connectivity index (χ4v) is 3.73.